The Morgan fingerprint density at radius 3 is 2.89 bits per heavy atom. The monoisotopic (exact) mass is 272 g/mol. The lowest BCUT2D eigenvalue weighted by molar-refractivity contribution is -0.115. The summed E-state index contributed by atoms with van der Waals surface area (Å²) in [7, 11) is 1.51. The van der Waals surface area contributed by atoms with Crippen LogP contribution < -0.4 is 10.1 Å². The van der Waals surface area contributed by atoms with Crippen LogP contribution in [0.3, 0.4) is 0 Å². The molecule has 0 saturated heterocycles. The van der Waals surface area contributed by atoms with Gasteiger partial charge in [0.15, 0.2) is 0 Å². The number of nitrogens with zero attached hydrogens (tertiary/aromatic N) is 1. The minimum atomic E-state index is -0.163. The van der Waals surface area contributed by atoms with Gasteiger partial charge in [-0.1, -0.05) is 12.1 Å². The standard InChI is InChI=1S/C14H12N2O2S/c1-18-12-6-2-4-10(9-15)14(12)16-13(17)8-11-5-3-7-19-11/h2-7H,8H2,1H3,(H,16,17). The van der Waals surface area contributed by atoms with Gasteiger partial charge in [-0.25, -0.2) is 0 Å². The van der Waals surface area contributed by atoms with Crippen LogP contribution in [-0.2, 0) is 11.2 Å². The Balaban J connectivity index is 2.18. The zero-order valence-corrected chi connectivity index (χ0v) is 11.2. The number of hydrogen-bond acceptors (Lipinski definition) is 4. The molecule has 0 spiro atoms. The van der Waals surface area contributed by atoms with E-state index in [1.165, 1.54) is 18.4 Å². The predicted octanol–water partition coefficient (Wildman–Crippen LogP) is 2.81. The summed E-state index contributed by atoms with van der Waals surface area (Å²) in [5.74, 6) is 0.321. The second-order valence-corrected chi connectivity index (χ2v) is 4.83. The highest BCUT2D eigenvalue weighted by Crippen LogP contribution is 2.28. The van der Waals surface area contributed by atoms with Crippen LogP contribution in [0.4, 0.5) is 5.69 Å². The summed E-state index contributed by atoms with van der Waals surface area (Å²) in [6, 6.07) is 10.9. The molecule has 19 heavy (non-hydrogen) atoms. The van der Waals surface area contributed by atoms with Crippen molar-refractivity contribution in [2.45, 2.75) is 6.42 Å². The van der Waals surface area contributed by atoms with E-state index in [1.54, 1.807) is 18.2 Å². The molecule has 0 unspecified atom stereocenters. The lowest BCUT2D eigenvalue weighted by Gasteiger charge is -2.11. The maximum atomic E-state index is 11.9. The fraction of sp³-hybridized carbons (Fsp3) is 0.143. The third kappa shape index (κ3) is 3.12. The van der Waals surface area contributed by atoms with Gasteiger partial charge in [0.25, 0.3) is 0 Å². The number of carbonyl (C=O) groups is 1. The molecular weight excluding hydrogens is 260 g/mol. The summed E-state index contributed by atoms with van der Waals surface area (Å²) in [5.41, 5.74) is 0.813. The number of para-hydroxylation sites is 1. The summed E-state index contributed by atoms with van der Waals surface area (Å²) in [6.07, 6.45) is 0.292. The number of ether oxygens (including phenoxy) is 1. The Kier molecular flexibility index (Phi) is 4.16. The minimum absolute atomic E-state index is 0.163. The first-order valence-corrected chi connectivity index (χ1v) is 6.52. The molecule has 0 aliphatic carbocycles. The Hall–Kier alpha value is -2.32. The molecule has 0 fully saturated rings. The molecule has 2 rings (SSSR count). The highest BCUT2D eigenvalue weighted by molar-refractivity contribution is 7.10. The average molecular weight is 272 g/mol. The van der Waals surface area contributed by atoms with Crippen molar-refractivity contribution in [1.29, 1.82) is 5.26 Å². The predicted molar refractivity (Wildman–Crippen MR) is 74.4 cm³/mol. The molecule has 1 aromatic heterocycles. The number of anilines is 1. The fourth-order valence-electron chi connectivity index (χ4n) is 1.68. The van der Waals surface area contributed by atoms with Crippen LogP contribution in [0.15, 0.2) is 35.7 Å². The number of nitrogens with one attached hydrogen (secondary N) is 1. The molecule has 0 saturated carbocycles. The fourth-order valence-corrected chi connectivity index (χ4v) is 2.38. The van der Waals surface area contributed by atoms with Gasteiger partial charge in [-0.3, -0.25) is 4.79 Å². The number of rotatable bonds is 4. The molecule has 0 atom stereocenters. The zero-order chi connectivity index (χ0) is 13.7. The van der Waals surface area contributed by atoms with Gasteiger partial charge in [0.05, 0.1) is 19.1 Å². The number of benzene rings is 1. The number of nitriles is 1. The van der Waals surface area contributed by atoms with Crippen LogP contribution >= 0.6 is 11.3 Å². The summed E-state index contributed by atoms with van der Waals surface area (Å²) in [4.78, 5) is 12.9. The van der Waals surface area contributed by atoms with E-state index in [0.717, 1.165) is 4.88 Å². The highest BCUT2D eigenvalue weighted by Gasteiger charge is 2.12. The largest absolute Gasteiger partial charge is 0.495 e. The first kappa shape index (κ1) is 13.1. The summed E-state index contributed by atoms with van der Waals surface area (Å²) < 4.78 is 5.16. The zero-order valence-electron chi connectivity index (χ0n) is 10.3. The van der Waals surface area contributed by atoms with Crippen LogP contribution in [0.5, 0.6) is 5.75 Å². The first-order valence-electron chi connectivity index (χ1n) is 5.64. The molecule has 0 aliphatic heterocycles. The normalized spacial score (nSPS) is 9.68. The Bertz CT molecular complexity index is 615. The third-order valence-electron chi connectivity index (χ3n) is 2.55. The van der Waals surface area contributed by atoms with Gasteiger partial charge in [0.2, 0.25) is 5.91 Å². The van der Waals surface area contributed by atoms with Gasteiger partial charge in [-0.05, 0) is 23.6 Å². The Morgan fingerprint density at radius 1 is 1.42 bits per heavy atom. The molecule has 0 bridgehead atoms. The number of thiophene rings is 1. The van der Waals surface area contributed by atoms with E-state index in [4.69, 9.17) is 10.00 Å². The topological polar surface area (TPSA) is 62.1 Å². The van der Waals surface area contributed by atoms with Crippen molar-refractivity contribution < 1.29 is 9.53 Å². The van der Waals surface area contributed by atoms with Gasteiger partial charge in [-0.15, -0.1) is 11.3 Å². The SMILES string of the molecule is COc1cccc(C#N)c1NC(=O)Cc1cccs1. The summed E-state index contributed by atoms with van der Waals surface area (Å²) in [6.45, 7) is 0. The van der Waals surface area contributed by atoms with Crippen molar-refractivity contribution in [3.05, 3.63) is 46.2 Å². The molecule has 5 heteroatoms. The second kappa shape index (κ2) is 6.03. The van der Waals surface area contributed by atoms with E-state index in [0.29, 0.717) is 23.4 Å². The number of hydrogen-bond donors (Lipinski definition) is 1. The van der Waals surface area contributed by atoms with Crippen LogP contribution in [0.2, 0.25) is 0 Å². The molecule has 1 amide bonds. The third-order valence-corrected chi connectivity index (χ3v) is 3.42. The van der Waals surface area contributed by atoms with Crippen molar-refractivity contribution in [1.82, 2.24) is 0 Å². The van der Waals surface area contributed by atoms with Gasteiger partial charge >= 0.3 is 0 Å². The molecule has 4 nitrogen and oxygen atoms in total. The van der Waals surface area contributed by atoms with Crippen LogP contribution in [0.1, 0.15) is 10.4 Å². The highest BCUT2D eigenvalue weighted by atomic mass is 32.1. The Morgan fingerprint density at radius 2 is 2.26 bits per heavy atom. The maximum Gasteiger partial charge on any atom is 0.229 e. The first-order chi connectivity index (χ1) is 9.24. The molecule has 2 aromatic rings. The molecule has 0 radical (unpaired) electrons. The van der Waals surface area contributed by atoms with E-state index in [1.807, 2.05) is 23.6 Å². The molecule has 1 aromatic carbocycles. The lowest BCUT2D eigenvalue weighted by Crippen LogP contribution is -2.15. The quantitative estimate of drug-likeness (QED) is 0.931. The van der Waals surface area contributed by atoms with Gasteiger partial charge in [0, 0.05) is 4.88 Å². The van der Waals surface area contributed by atoms with Crippen molar-refractivity contribution in [2.75, 3.05) is 12.4 Å². The maximum absolute atomic E-state index is 11.9. The van der Waals surface area contributed by atoms with E-state index >= 15 is 0 Å². The van der Waals surface area contributed by atoms with Gasteiger partial charge in [0.1, 0.15) is 17.5 Å². The van der Waals surface area contributed by atoms with Gasteiger partial charge in [-0.2, -0.15) is 5.26 Å². The van der Waals surface area contributed by atoms with E-state index in [2.05, 4.69) is 5.32 Å². The molecule has 1 heterocycles. The molecular formula is C14H12N2O2S. The van der Waals surface area contributed by atoms with Crippen molar-refractivity contribution in [2.24, 2.45) is 0 Å². The number of methoxy groups -OCH3 is 1. The van der Waals surface area contributed by atoms with Crippen LogP contribution in [0.25, 0.3) is 0 Å². The smallest absolute Gasteiger partial charge is 0.229 e. The summed E-state index contributed by atoms with van der Waals surface area (Å²) >= 11 is 1.52. The molecule has 0 aliphatic rings. The van der Waals surface area contributed by atoms with Crippen LogP contribution in [0, 0.1) is 11.3 Å². The average Bonchev–Trinajstić information content (AvgIpc) is 2.91. The van der Waals surface area contributed by atoms with E-state index < -0.39 is 0 Å². The van der Waals surface area contributed by atoms with Crippen molar-refractivity contribution >= 4 is 22.9 Å². The van der Waals surface area contributed by atoms with Crippen molar-refractivity contribution in [3.63, 3.8) is 0 Å². The lowest BCUT2D eigenvalue weighted by atomic mass is 10.1. The molecule has 96 valence electrons. The second-order valence-electron chi connectivity index (χ2n) is 3.80. The number of carbonyl (C=O) groups excluding carboxylic acids is 1. The van der Waals surface area contributed by atoms with Crippen molar-refractivity contribution in [3.8, 4) is 11.8 Å². The van der Waals surface area contributed by atoms with E-state index in [-0.39, 0.29) is 5.91 Å². The minimum Gasteiger partial charge on any atom is -0.495 e. The van der Waals surface area contributed by atoms with E-state index in [9.17, 15) is 4.79 Å². The van der Waals surface area contributed by atoms with Crippen LogP contribution in [-0.4, -0.2) is 13.0 Å². The summed E-state index contributed by atoms with van der Waals surface area (Å²) in [5, 5.41) is 13.7. The Labute approximate surface area is 115 Å². The number of amides is 1. The molecule has 1 N–H and O–H groups in total. The van der Waals surface area contributed by atoms with Gasteiger partial charge < -0.3 is 10.1 Å².